The lowest BCUT2D eigenvalue weighted by Gasteiger charge is -2.15. The topological polar surface area (TPSA) is 66.4 Å². The fourth-order valence-corrected chi connectivity index (χ4v) is 4.21. The Morgan fingerprint density at radius 3 is 2.76 bits per heavy atom. The Morgan fingerprint density at radius 2 is 2.14 bits per heavy atom. The molecule has 0 radical (unpaired) electrons. The van der Waals surface area contributed by atoms with E-state index in [2.05, 4.69) is 4.72 Å². The quantitative estimate of drug-likeness (QED) is 0.854. The number of halogens is 1. The first-order valence-corrected chi connectivity index (χ1v) is 8.77. The molecule has 0 aliphatic heterocycles. The first-order chi connectivity index (χ1) is 9.92. The third-order valence-electron chi connectivity index (χ3n) is 2.97. The zero-order valence-electron chi connectivity index (χ0n) is 11.4. The van der Waals surface area contributed by atoms with Crippen LogP contribution >= 0.6 is 11.3 Å². The van der Waals surface area contributed by atoms with Gasteiger partial charge in [-0.3, -0.25) is 0 Å². The van der Waals surface area contributed by atoms with Crippen LogP contribution in [0.15, 0.2) is 39.9 Å². The van der Waals surface area contributed by atoms with Gasteiger partial charge in [-0.2, -0.15) is 11.3 Å². The van der Waals surface area contributed by atoms with E-state index in [9.17, 15) is 17.9 Å². The Labute approximate surface area is 127 Å². The lowest BCUT2D eigenvalue weighted by atomic mass is 10.1. The van der Waals surface area contributed by atoms with Gasteiger partial charge in [-0.15, -0.1) is 0 Å². The Hall–Kier alpha value is -1.28. The molecule has 7 heteroatoms. The van der Waals surface area contributed by atoms with Crippen molar-refractivity contribution in [3.8, 4) is 0 Å². The van der Waals surface area contributed by atoms with Crippen LogP contribution in [-0.2, 0) is 23.1 Å². The number of thiophene rings is 1. The average Bonchev–Trinajstić information content (AvgIpc) is 2.90. The molecule has 114 valence electrons. The zero-order chi connectivity index (χ0) is 15.5. The second kappa shape index (κ2) is 6.65. The smallest absolute Gasteiger partial charge is 0.241 e. The fraction of sp³-hybridized carbons (Fsp3) is 0.286. The van der Waals surface area contributed by atoms with Gasteiger partial charge in [-0.1, -0.05) is 6.07 Å². The van der Waals surface area contributed by atoms with Crippen molar-refractivity contribution in [3.63, 3.8) is 0 Å². The standard InChI is InChI=1S/C14H16FNO3S2/c1-10(6-11-4-5-20-9-11)16-21(18,19)14-7-13(15)3-2-12(14)8-17/h2-5,7,9-10,16-17H,6,8H2,1H3. The lowest BCUT2D eigenvalue weighted by Crippen LogP contribution is -2.34. The van der Waals surface area contributed by atoms with Gasteiger partial charge in [0.25, 0.3) is 0 Å². The van der Waals surface area contributed by atoms with E-state index in [1.807, 2.05) is 16.8 Å². The predicted molar refractivity (Wildman–Crippen MR) is 80.1 cm³/mol. The van der Waals surface area contributed by atoms with E-state index in [0.29, 0.717) is 6.42 Å². The van der Waals surface area contributed by atoms with Gasteiger partial charge in [0.15, 0.2) is 0 Å². The molecule has 1 aromatic heterocycles. The third-order valence-corrected chi connectivity index (χ3v) is 5.37. The monoisotopic (exact) mass is 329 g/mol. The maximum Gasteiger partial charge on any atom is 0.241 e. The minimum absolute atomic E-state index is 0.173. The first kappa shape index (κ1) is 16.1. The van der Waals surface area contributed by atoms with Crippen molar-refractivity contribution < 1.29 is 17.9 Å². The molecule has 1 atom stereocenters. The maximum absolute atomic E-state index is 13.3. The van der Waals surface area contributed by atoms with Gasteiger partial charge in [0.1, 0.15) is 5.82 Å². The van der Waals surface area contributed by atoms with E-state index in [1.165, 1.54) is 6.07 Å². The minimum atomic E-state index is -3.87. The van der Waals surface area contributed by atoms with E-state index in [1.54, 1.807) is 18.3 Å². The molecule has 2 aromatic rings. The van der Waals surface area contributed by atoms with Crippen molar-refractivity contribution in [1.82, 2.24) is 4.72 Å². The molecule has 0 aliphatic carbocycles. The summed E-state index contributed by atoms with van der Waals surface area (Å²) in [7, 11) is -3.87. The number of nitrogens with one attached hydrogen (secondary N) is 1. The summed E-state index contributed by atoms with van der Waals surface area (Å²) in [6.07, 6.45) is 0.548. The van der Waals surface area contributed by atoms with Crippen LogP contribution in [-0.4, -0.2) is 19.6 Å². The molecular weight excluding hydrogens is 313 g/mol. The van der Waals surface area contributed by atoms with Crippen LogP contribution in [0.5, 0.6) is 0 Å². The van der Waals surface area contributed by atoms with Crippen molar-refractivity contribution in [2.75, 3.05) is 0 Å². The van der Waals surface area contributed by atoms with Crippen LogP contribution in [0.25, 0.3) is 0 Å². The van der Waals surface area contributed by atoms with Crippen LogP contribution in [0.1, 0.15) is 18.1 Å². The molecule has 0 saturated carbocycles. The van der Waals surface area contributed by atoms with Gasteiger partial charge in [-0.05, 0) is 53.4 Å². The number of aliphatic hydroxyl groups excluding tert-OH is 1. The summed E-state index contributed by atoms with van der Waals surface area (Å²) in [6.45, 7) is 1.28. The molecule has 0 saturated heterocycles. The summed E-state index contributed by atoms with van der Waals surface area (Å²) in [5.41, 5.74) is 1.21. The number of aliphatic hydroxyl groups is 1. The summed E-state index contributed by atoms with van der Waals surface area (Å²) in [6, 6.07) is 4.91. The van der Waals surface area contributed by atoms with Gasteiger partial charge in [0.2, 0.25) is 10.0 Å². The molecular formula is C14H16FNO3S2. The molecule has 21 heavy (non-hydrogen) atoms. The second-order valence-corrected chi connectivity index (χ2v) is 7.23. The van der Waals surface area contributed by atoms with Gasteiger partial charge in [-0.25, -0.2) is 17.5 Å². The Kier molecular flexibility index (Phi) is 5.10. The summed E-state index contributed by atoms with van der Waals surface area (Å²) in [4.78, 5) is -0.220. The van der Waals surface area contributed by atoms with E-state index in [-0.39, 0.29) is 16.5 Å². The van der Waals surface area contributed by atoms with Crippen molar-refractivity contribution >= 4 is 21.4 Å². The molecule has 1 heterocycles. The average molecular weight is 329 g/mol. The predicted octanol–water partition coefficient (Wildman–Crippen LogP) is 2.29. The Morgan fingerprint density at radius 1 is 1.38 bits per heavy atom. The zero-order valence-corrected chi connectivity index (χ0v) is 13.0. The van der Waals surface area contributed by atoms with Crippen molar-refractivity contribution in [1.29, 1.82) is 0 Å². The van der Waals surface area contributed by atoms with Gasteiger partial charge >= 0.3 is 0 Å². The molecule has 0 spiro atoms. The summed E-state index contributed by atoms with van der Waals surface area (Å²) in [5, 5.41) is 13.1. The number of hydrogen-bond acceptors (Lipinski definition) is 4. The Balaban J connectivity index is 2.20. The fourth-order valence-electron chi connectivity index (χ4n) is 2.04. The maximum atomic E-state index is 13.3. The van der Waals surface area contributed by atoms with Crippen LogP contribution in [0.3, 0.4) is 0 Å². The number of rotatable bonds is 6. The SMILES string of the molecule is CC(Cc1ccsc1)NS(=O)(=O)c1cc(F)ccc1CO. The highest BCUT2D eigenvalue weighted by Crippen LogP contribution is 2.18. The Bertz CT molecular complexity index is 699. The highest BCUT2D eigenvalue weighted by atomic mass is 32.2. The third kappa shape index (κ3) is 4.10. The number of hydrogen-bond donors (Lipinski definition) is 2. The molecule has 0 bridgehead atoms. The molecule has 0 aliphatic rings. The highest BCUT2D eigenvalue weighted by Gasteiger charge is 2.21. The number of sulfonamides is 1. The summed E-state index contributed by atoms with van der Waals surface area (Å²) >= 11 is 1.54. The molecule has 0 fully saturated rings. The van der Waals surface area contributed by atoms with Crippen LogP contribution in [0.2, 0.25) is 0 Å². The van der Waals surface area contributed by atoms with Gasteiger partial charge in [0, 0.05) is 6.04 Å². The van der Waals surface area contributed by atoms with E-state index >= 15 is 0 Å². The molecule has 1 unspecified atom stereocenters. The van der Waals surface area contributed by atoms with Crippen LogP contribution in [0.4, 0.5) is 4.39 Å². The van der Waals surface area contributed by atoms with Crippen LogP contribution < -0.4 is 4.72 Å². The van der Waals surface area contributed by atoms with Gasteiger partial charge < -0.3 is 5.11 Å². The molecule has 2 N–H and O–H groups in total. The van der Waals surface area contributed by atoms with E-state index in [4.69, 9.17) is 0 Å². The van der Waals surface area contributed by atoms with Crippen LogP contribution in [0, 0.1) is 5.82 Å². The largest absolute Gasteiger partial charge is 0.392 e. The van der Waals surface area contributed by atoms with Crippen molar-refractivity contribution in [2.45, 2.75) is 30.9 Å². The molecule has 0 amide bonds. The van der Waals surface area contributed by atoms with Crippen molar-refractivity contribution in [3.05, 3.63) is 52.0 Å². The van der Waals surface area contributed by atoms with E-state index in [0.717, 1.165) is 17.7 Å². The van der Waals surface area contributed by atoms with Crippen molar-refractivity contribution in [2.24, 2.45) is 0 Å². The minimum Gasteiger partial charge on any atom is -0.392 e. The molecule has 1 aromatic carbocycles. The van der Waals surface area contributed by atoms with Gasteiger partial charge in [0.05, 0.1) is 11.5 Å². The molecule has 2 rings (SSSR count). The highest BCUT2D eigenvalue weighted by molar-refractivity contribution is 7.89. The van der Waals surface area contributed by atoms with E-state index < -0.39 is 22.4 Å². The summed E-state index contributed by atoms with van der Waals surface area (Å²) < 4.78 is 40.4. The summed E-state index contributed by atoms with van der Waals surface area (Å²) in [5.74, 6) is -0.655. The first-order valence-electron chi connectivity index (χ1n) is 6.35. The second-order valence-electron chi connectivity index (χ2n) is 4.77. The molecule has 4 nitrogen and oxygen atoms in total. The lowest BCUT2D eigenvalue weighted by molar-refractivity contribution is 0.278. The number of benzene rings is 1. The normalized spacial score (nSPS) is 13.3.